The quantitative estimate of drug-likeness (QED) is 0.521. The van der Waals surface area contributed by atoms with Crippen LogP contribution in [0.25, 0.3) is 0 Å². The van der Waals surface area contributed by atoms with Crippen LogP contribution in [0.15, 0.2) is 0 Å². The van der Waals surface area contributed by atoms with E-state index in [9.17, 15) is 0 Å². The van der Waals surface area contributed by atoms with Gasteiger partial charge >= 0.3 is 0 Å². The lowest BCUT2D eigenvalue weighted by atomic mass is 9.65. The second kappa shape index (κ2) is 6.55. The zero-order chi connectivity index (χ0) is 12.1. The summed E-state index contributed by atoms with van der Waals surface area (Å²) in [6.45, 7) is 16.7. The predicted molar refractivity (Wildman–Crippen MR) is 71.1 cm³/mol. The van der Waals surface area contributed by atoms with Crippen molar-refractivity contribution in [2.75, 3.05) is 0 Å². The number of hydrogen-bond donors (Lipinski definition) is 0. The summed E-state index contributed by atoms with van der Waals surface area (Å²) in [6.07, 6.45) is 5.53. The highest BCUT2D eigenvalue weighted by Crippen LogP contribution is 2.41. The molecule has 0 amide bonds. The van der Waals surface area contributed by atoms with Crippen molar-refractivity contribution < 1.29 is 0 Å². The maximum absolute atomic E-state index is 2.48. The van der Waals surface area contributed by atoms with Gasteiger partial charge in [0.25, 0.3) is 0 Å². The third-order valence-corrected chi connectivity index (χ3v) is 4.48. The van der Waals surface area contributed by atoms with Crippen LogP contribution < -0.4 is 0 Å². The summed E-state index contributed by atoms with van der Waals surface area (Å²) in [7, 11) is 0. The molecule has 92 valence electrons. The molecule has 0 radical (unpaired) electrons. The number of rotatable bonds is 7. The Hall–Kier alpha value is 0. The molecule has 0 spiro atoms. The van der Waals surface area contributed by atoms with Crippen LogP contribution >= 0.6 is 0 Å². The summed E-state index contributed by atoms with van der Waals surface area (Å²) in [4.78, 5) is 0. The molecule has 0 nitrogen and oxygen atoms in total. The highest BCUT2D eigenvalue weighted by molar-refractivity contribution is 4.82. The van der Waals surface area contributed by atoms with Crippen LogP contribution in [0, 0.1) is 23.2 Å². The monoisotopic (exact) mass is 212 g/mol. The molecular formula is C15H32. The van der Waals surface area contributed by atoms with Crippen LogP contribution in [0.5, 0.6) is 0 Å². The van der Waals surface area contributed by atoms with Crippen LogP contribution in [0.3, 0.4) is 0 Å². The maximum Gasteiger partial charge on any atom is -0.0277 e. The molecule has 0 heterocycles. The van der Waals surface area contributed by atoms with Gasteiger partial charge in [-0.3, -0.25) is 0 Å². The average Bonchev–Trinajstić information content (AvgIpc) is 2.13. The van der Waals surface area contributed by atoms with Gasteiger partial charge in [-0.05, 0) is 29.6 Å². The third-order valence-electron chi connectivity index (χ3n) is 4.48. The summed E-state index contributed by atoms with van der Waals surface area (Å²) >= 11 is 0. The van der Waals surface area contributed by atoms with Crippen LogP contribution in [0.1, 0.15) is 74.1 Å². The van der Waals surface area contributed by atoms with Crippen molar-refractivity contribution in [3.8, 4) is 0 Å². The second-order valence-electron chi connectivity index (χ2n) is 6.27. The smallest absolute Gasteiger partial charge is 0.0277 e. The maximum atomic E-state index is 2.48. The van der Waals surface area contributed by atoms with Gasteiger partial charge in [0.1, 0.15) is 0 Å². The SMILES string of the molecule is CCCCC(C)CC(C)(C(C)C)C(C)C. The van der Waals surface area contributed by atoms with Gasteiger partial charge in [0.05, 0.1) is 0 Å². The minimum atomic E-state index is 0.521. The molecule has 15 heavy (non-hydrogen) atoms. The molecule has 0 N–H and O–H groups in total. The van der Waals surface area contributed by atoms with Gasteiger partial charge in [-0.1, -0.05) is 67.7 Å². The average molecular weight is 212 g/mol. The Balaban J connectivity index is 4.29. The van der Waals surface area contributed by atoms with Crippen molar-refractivity contribution in [1.29, 1.82) is 0 Å². The van der Waals surface area contributed by atoms with Gasteiger partial charge < -0.3 is 0 Å². The summed E-state index contributed by atoms with van der Waals surface area (Å²) in [5, 5.41) is 0. The molecule has 0 rings (SSSR count). The van der Waals surface area contributed by atoms with Gasteiger partial charge in [0.15, 0.2) is 0 Å². The Morgan fingerprint density at radius 2 is 1.40 bits per heavy atom. The molecule has 1 unspecified atom stereocenters. The topological polar surface area (TPSA) is 0 Å². The highest BCUT2D eigenvalue weighted by Gasteiger charge is 2.32. The standard InChI is InChI=1S/C15H32/c1-8-9-10-14(6)11-15(7,12(2)3)13(4)5/h12-14H,8-11H2,1-7H3. The summed E-state index contributed by atoms with van der Waals surface area (Å²) in [6, 6.07) is 0. The highest BCUT2D eigenvalue weighted by atomic mass is 14.4. The normalized spacial score (nSPS) is 15.0. The zero-order valence-electron chi connectivity index (χ0n) is 12.1. The molecule has 0 aliphatic rings. The molecule has 0 heteroatoms. The summed E-state index contributed by atoms with van der Waals surface area (Å²) in [5.41, 5.74) is 0.521. The molecule has 0 saturated carbocycles. The van der Waals surface area contributed by atoms with Gasteiger partial charge in [-0.25, -0.2) is 0 Å². The zero-order valence-corrected chi connectivity index (χ0v) is 12.1. The third kappa shape index (κ3) is 4.57. The molecule has 0 aromatic carbocycles. The van der Waals surface area contributed by atoms with Gasteiger partial charge in [0, 0.05) is 0 Å². The second-order valence-corrected chi connectivity index (χ2v) is 6.27. The van der Waals surface area contributed by atoms with E-state index >= 15 is 0 Å². The van der Waals surface area contributed by atoms with E-state index in [1.807, 2.05) is 0 Å². The van der Waals surface area contributed by atoms with E-state index in [2.05, 4.69) is 48.5 Å². The van der Waals surface area contributed by atoms with Crippen molar-refractivity contribution in [2.45, 2.75) is 74.1 Å². The number of hydrogen-bond acceptors (Lipinski definition) is 0. The van der Waals surface area contributed by atoms with Gasteiger partial charge in [-0.2, -0.15) is 0 Å². The first kappa shape index (κ1) is 15.0. The van der Waals surface area contributed by atoms with E-state index in [-0.39, 0.29) is 0 Å². The molecule has 0 aromatic rings. The molecule has 0 aliphatic carbocycles. The van der Waals surface area contributed by atoms with Gasteiger partial charge in [-0.15, -0.1) is 0 Å². The van der Waals surface area contributed by atoms with E-state index in [1.165, 1.54) is 25.7 Å². The van der Waals surface area contributed by atoms with E-state index in [0.717, 1.165) is 17.8 Å². The Morgan fingerprint density at radius 1 is 0.933 bits per heavy atom. The first-order valence-electron chi connectivity index (χ1n) is 6.84. The molecule has 0 saturated heterocycles. The fourth-order valence-electron chi connectivity index (χ4n) is 2.54. The van der Waals surface area contributed by atoms with Crippen molar-refractivity contribution >= 4 is 0 Å². The van der Waals surface area contributed by atoms with Crippen molar-refractivity contribution in [3.63, 3.8) is 0 Å². The fraction of sp³-hybridized carbons (Fsp3) is 1.00. The lowest BCUT2D eigenvalue weighted by Gasteiger charge is -2.40. The molecule has 1 atom stereocenters. The Bertz CT molecular complexity index is 147. The van der Waals surface area contributed by atoms with Crippen molar-refractivity contribution in [3.05, 3.63) is 0 Å². The predicted octanol–water partition coefficient (Wildman–Crippen LogP) is 5.52. The Morgan fingerprint density at radius 3 is 1.73 bits per heavy atom. The molecule has 0 bridgehead atoms. The lowest BCUT2D eigenvalue weighted by molar-refractivity contribution is 0.0977. The Kier molecular flexibility index (Phi) is 6.55. The largest absolute Gasteiger partial charge is 0.0654 e. The van der Waals surface area contributed by atoms with Crippen molar-refractivity contribution in [1.82, 2.24) is 0 Å². The molecule has 0 aromatic heterocycles. The van der Waals surface area contributed by atoms with E-state index in [4.69, 9.17) is 0 Å². The van der Waals surface area contributed by atoms with E-state index < -0.39 is 0 Å². The molecular weight excluding hydrogens is 180 g/mol. The van der Waals surface area contributed by atoms with E-state index in [1.54, 1.807) is 0 Å². The van der Waals surface area contributed by atoms with Crippen LogP contribution in [-0.2, 0) is 0 Å². The first-order valence-corrected chi connectivity index (χ1v) is 6.84. The summed E-state index contributed by atoms with van der Waals surface area (Å²) in [5.74, 6) is 2.47. The van der Waals surface area contributed by atoms with Crippen LogP contribution in [0.4, 0.5) is 0 Å². The Labute approximate surface area is 97.8 Å². The van der Waals surface area contributed by atoms with Crippen LogP contribution in [0.2, 0.25) is 0 Å². The van der Waals surface area contributed by atoms with Gasteiger partial charge in [0.2, 0.25) is 0 Å². The minimum absolute atomic E-state index is 0.521. The molecule has 0 fully saturated rings. The number of unbranched alkanes of at least 4 members (excludes halogenated alkanes) is 1. The first-order chi connectivity index (χ1) is 6.84. The fourth-order valence-corrected chi connectivity index (χ4v) is 2.54. The van der Waals surface area contributed by atoms with E-state index in [0.29, 0.717) is 5.41 Å². The summed E-state index contributed by atoms with van der Waals surface area (Å²) < 4.78 is 0. The lowest BCUT2D eigenvalue weighted by Crippen LogP contribution is -2.31. The molecule has 0 aliphatic heterocycles. The van der Waals surface area contributed by atoms with Crippen molar-refractivity contribution in [2.24, 2.45) is 23.2 Å². The minimum Gasteiger partial charge on any atom is -0.0654 e. The van der Waals surface area contributed by atoms with Crippen LogP contribution in [-0.4, -0.2) is 0 Å².